The van der Waals surface area contributed by atoms with Gasteiger partial charge in [-0.3, -0.25) is 0 Å². The summed E-state index contributed by atoms with van der Waals surface area (Å²) in [6.07, 6.45) is 1.70. The maximum absolute atomic E-state index is 12.8. The summed E-state index contributed by atoms with van der Waals surface area (Å²) < 4.78 is 31.4. The van der Waals surface area contributed by atoms with Gasteiger partial charge in [0.05, 0.1) is 10.6 Å². The van der Waals surface area contributed by atoms with Crippen LogP contribution in [0.4, 0.5) is 0 Å². The Hall–Kier alpha value is -2.79. The van der Waals surface area contributed by atoms with Crippen LogP contribution in [0.15, 0.2) is 77.3 Å². The Balaban J connectivity index is 1.84. The van der Waals surface area contributed by atoms with Gasteiger partial charge in [-0.2, -0.15) is 0 Å². The van der Waals surface area contributed by atoms with Gasteiger partial charge in [-0.15, -0.1) is 0 Å². The Morgan fingerprint density at radius 2 is 1.58 bits per heavy atom. The lowest BCUT2D eigenvalue weighted by Crippen LogP contribution is -2.35. The normalized spacial score (nSPS) is 17.0. The van der Waals surface area contributed by atoms with Gasteiger partial charge in [0.15, 0.2) is 0 Å². The van der Waals surface area contributed by atoms with E-state index in [1.165, 1.54) is 0 Å². The second kappa shape index (κ2) is 5.39. The number of ether oxygens (including phenoxy) is 1. The van der Waals surface area contributed by atoms with Gasteiger partial charge < -0.3 is 10.5 Å². The topological polar surface area (TPSA) is 69.4 Å². The van der Waals surface area contributed by atoms with Crippen LogP contribution in [0, 0.1) is 0 Å². The molecule has 3 aromatic rings. The van der Waals surface area contributed by atoms with Gasteiger partial charge in [0, 0.05) is 5.56 Å². The van der Waals surface area contributed by atoms with Crippen molar-refractivity contribution in [2.75, 3.05) is 0 Å². The smallest absolute Gasteiger partial charge is 0.242 e. The Labute approximate surface area is 140 Å². The highest BCUT2D eigenvalue weighted by molar-refractivity contribution is 7.92. The Bertz CT molecular complexity index is 1060. The van der Waals surface area contributed by atoms with E-state index in [9.17, 15) is 8.42 Å². The van der Waals surface area contributed by atoms with E-state index in [0.29, 0.717) is 5.75 Å². The molecule has 1 atom stereocenters. The van der Waals surface area contributed by atoms with E-state index in [0.717, 1.165) is 16.3 Å². The van der Waals surface area contributed by atoms with E-state index >= 15 is 0 Å². The number of sulfone groups is 1. The SMILES string of the molecule is NC1=Cc2c(ccc3ccccc23)OC1S(=O)(=O)c1ccccc1. The monoisotopic (exact) mass is 337 g/mol. The Morgan fingerprint density at radius 1 is 0.875 bits per heavy atom. The molecule has 1 aliphatic heterocycles. The predicted octanol–water partition coefficient (Wildman–Crippen LogP) is 3.33. The van der Waals surface area contributed by atoms with Crippen LogP contribution in [0.5, 0.6) is 5.75 Å². The number of hydrogen-bond acceptors (Lipinski definition) is 4. The summed E-state index contributed by atoms with van der Waals surface area (Å²) in [5.41, 5.74) is 5.84. The maximum Gasteiger partial charge on any atom is 0.242 e. The number of fused-ring (bicyclic) bond motifs is 3. The van der Waals surface area contributed by atoms with E-state index in [2.05, 4.69) is 0 Å². The van der Waals surface area contributed by atoms with Crippen molar-refractivity contribution >= 4 is 26.7 Å². The molecule has 120 valence electrons. The molecular weight excluding hydrogens is 322 g/mol. The molecule has 3 aromatic carbocycles. The summed E-state index contributed by atoms with van der Waals surface area (Å²) in [5, 5.41) is 2.03. The van der Waals surface area contributed by atoms with E-state index < -0.39 is 15.3 Å². The standard InChI is InChI=1S/C19H15NO3S/c20-17-12-16-15-9-5-4-6-13(15)10-11-18(16)23-19(17)24(21,22)14-7-2-1-3-8-14/h1-12,19H,20H2. The number of benzene rings is 3. The molecule has 1 aliphatic rings. The third kappa shape index (κ3) is 2.25. The number of nitrogens with two attached hydrogens (primary N) is 1. The summed E-state index contributed by atoms with van der Waals surface area (Å²) >= 11 is 0. The molecule has 0 amide bonds. The zero-order chi connectivity index (χ0) is 16.7. The summed E-state index contributed by atoms with van der Waals surface area (Å²) in [4.78, 5) is 0.190. The van der Waals surface area contributed by atoms with E-state index in [-0.39, 0.29) is 10.6 Å². The van der Waals surface area contributed by atoms with Crippen LogP contribution < -0.4 is 10.5 Å². The second-order valence-electron chi connectivity index (χ2n) is 5.65. The van der Waals surface area contributed by atoms with Gasteiger partial charge in [0.25, 0.3) is 0 Å². The van der Waals surface area contributed by atoms with Gasteiger partial charge in [0.1, 0.15) is 5.75 Å². The molecule has 1 heterocycles. The first-order valence-electron chi connectivity index (χ1n) is 7.52. The van der Waals surface area contributed by atoms with Crippen LogP contribution in [0.2, 0.25) is 0 Å². The van der Waals surface area contributed by atoms with Gasteiger partial charge in [-0.1, -0.05) is 48.5 Å². The molecule has 0 bridgehead atoms. The predicted molar refractivity (Wildman–Crippen MR) is 94.2 cm³/mol. The van der Waals surface area contributed by atoms with Crippen LogP contribution >= 0.6 is 0 Å². The first-order chi connectivity index (χ1) is 11.6. The molecule has 0 aliphatic carbocycles. The molecule has 0 spiro atoms. The lowest BCUT2D eigenvalue weighted by Gasteiger charge is -2.26. The lowest BCUT2D eigenvalue weighted by molar-refractivity contribution is 0.300. The average Bonchev–Trinajstić information content (AvgIpc) is 2.62. The molecule has 0 radical (unpaired) electrons. The quantitative estimate of drug-likeness (QED) is 0.779. The zero-order valence-corrected chi connectivity index (χ0v) is 13.5. The van der Waals surface area contributed by atoms with Crippen LogP contribution in [0.25, 0.3) is 16.8 Å². The highest BCUT2D eigenvalue weighted by atomic mass is 32.2. The van der Waals surface area contributed by atoms with Gasteiger partial charge in [-0.05, 0) is 35.0 Å². The maximum atomic E-state index is 12.8. The highest BCUT2D eigenvalue weighted by Gasteiger charge is 2.34. The van der Waals surface area contributed by atoms with Crippen molar-refractivity contribution in [3.8, 4) is 5.75 Å². The van der Waals surface area contributed by atoms with Crippen molar-refractivity contribution < 1.29 is 13.2 Å². The molecule has 0 fully saturated rings. The zero-order valence-electron chi connectivity index (χ0n) is 12.7. The fourth-order valence-electron chi connectivity index (χ4n) is 2.92. The van der Waals surface area contributed by atoms with Gasteiger partial charge in [-0.25, -0.2) is 8.42 Å². The summed E-state index contributed by atoms with van der Waals surface area (Å²) in [7, 11) is -3.72. The van der Waals surface area contributed by atoms with E-state index in [1.807, 2.05) is 30.3 Å². The minimum Gasteiger partial charge on any atom is -0.467 e. The fourth-order valence-corrected chi connectivity index (χ4v) is 4.36. The average molecular weight is 337 g/mol. The number of rotatable bonds is 2. The van der Waals surface area contributed by atoms with Crippen molar-refractivity contribution in [1.29, 1.82) is 0 Å². The first kappa shape index (κ1) is 14.8. The van der Waals surface area contributed by atoms with Crippen LogP contribution in [-0.4, -0.2) is 13.9 Å². The van der Waals surface area contributed by atoms with Crippen molar-refractivity contribution in [2.45, 2.75) is 10.3 Å². The van der Waals surface area contributed by atoms with Crippen molar-refractivity contribution in [1.82, 2.24) is 0 Å². The lowest BCUT2D eigenvalue weighted by atomic mass is 10.0. The molecule has 24 heavy (non-hydrogen) atoms. The Morgan fingerprint density at radius 3 is 2.38 bits per heavy atom. The molecular formula is C19H15NO3S. The van der Waals surface area contributed by atoms with Crippen molar-refractivity contribution in [2.24, 2.45) is 5.73 Å². The van der Waals surface area contributed by atoms with Crippen LogP contribution in [0.3, 0.4) is 0 Å². The van der Waals surface area contributed by atoms with Gasteiger partial charge >= 0.3 is 0 Å². The largest absolute Gasteiger partial charge is 0.467 e. The molecule has 4 rings (SSSR count). The minimum atomic E-state index is -3.72. The molecule has 0 saturated heterocycles. The van der Waals surface area contributed by atoms with Crippen molar-refractivity contribution in [3.63, 3.8) is 0 Å². The van der Waals surface area contributed by atoms with Gasteiger partial charge in [0.2, 0.25) is 15.3 Å². The minimum absolute atomic E-state index is 0.183. The Kier molecular flexibility index (Phi) is 3.32. The highest BCUT2D eigenvalue weighted by Crippen LogP contribution is 2.36. The van der Waals surface area contributed by atoms with Crippen LogP contribution in [0.1, 0.15) is 5.56 Å². The fraction of sp³-hybridized carbons (Fsp3) is 0.0526. The van der Waals surface area contributed by atoms with Crippen molar-refractivity contribution in [3.05, 3.63) is 78.0 Å². The second-order valence-corrected chi connectivity index (χ2v) is 7.64. The molecule has 5 heteroatoms. The summed E-state index contributed by atoms with van der Waals surface area (Å²) in [5.74, 6) is 0.521. The third-order valence-electron chi connectivity index (χ3n) is 4.10. The molecule has 0 saturated carbocycles. The molecule has 4 nitrogen and oxygen atoms in total. The molecule has 0 aromatic heterocycles. The molecule has 1 unspecified atom stereocenters. The third-order valence-corrected chi connectivity index (χ3v) is 5.96. The molecule has 2 N–H and O–H groups in total. The van der Waals surface area contributed by atoms with E-state index in [1.54, 1.807) is 42.5 Å². The number of hydrogen-bond donors (Lipinski definition) is 1. The van der Waals surface area contributed by atoms with Crippen LogP contribution in [-0.2, 0) is 9.84 Å². The summed E-state index contributed by atoms with van der Waals surface area (Å²) in [6, 6.07) is 19.7. The van der Waals surface area contributed by atoms with E-state index in [4.69, 9.17) is 10.5 Å². The summed E-state index contributed by atoms with van der Waals surface area (Å²) in [6.45, 7) is 0. The first-order valence-corrected chi connectivity index (χ1v) is 9.06.